The Kier molecular flexibility index (Phi) is 6.27. The number of carbonyl (C=O) groups is 1. The molecule has 0 aliphatic heterocycles. The van der Waals surface area contributed by atoms with Crippen LogP contribution in [0, 0.1) is 0 Å². The Hall–Kier alpha value is -0.830. The molecule has 0 aromatic carbocycles. The summed E-state index contributed by atoms with van der Waals surface area (Å²) in [5.74, 6) is 0.954. The highest BCUT2D eigenvalue weighted by molar-refractivity contribution is 6.31. The SMILES string of the molecule is CCCCCn1c(CCCC)nc(Cl)c1C=O. The number of imidazole rings is 1. The molecule has 0 amide bonds. The van der Waals surface area contributed by atoms with Crippen molar-refractivity contribution in [2.24, 2.45) is 0 Å². The summed E-state index contributed by atoms with van der Waals surface area (Å²) >= 11 is 5.98. The Morgan fingerprint density at radius 1 is 1.24 bits per heavy atom. The Bertz CT molecular complexity index is 361. The molecule has 1 aromatic rings. The van der Waals surface area contributed by atoms with Crippen LogP contribution in [0.25, 0.3) is 0 Å². The summed E-state index contributed by atoms with van der Waals surface area (Å²) in [6.45, 7) is 5.16. The first-order valence-electron chi connectivity index (χ1n) is 6.44. The van der Waals surface area contributed by atoms with Crippen LogP contribution in [-0.4, -0.2) is 15.8 Å². The third kappa shape index (κ3) is 3.84. The lowest BCUT2D eigenvalue weighted by Crippen LogP contribution is -2.07. The zero-order chi connectivity index (χ0) is 12.7. The zero-order valence-corrected chi connectivity index (χ0v) is 11.5. The quantitative estimate of drug-likeness (QED) is 0.523. The number of aromatic nitrogens is 2. The zero-order valence-electron chi connectivity index (χ0n) is 10.7. The van der Waals surface area contributed by atoms with Crippen LogP contribution in [0.5, 0.6) is 0 Å². The van der Waals surface area contributed by atoms with Gasteiger partial charge in [-0.25, -0.2) is 4.98 Å². The number of unbranched alkanes of at least 4 members (excludes halogenated alkanes) is 3. The van der Waals surface area contributed by atoms with E-state index in [-0.39, 0.29) is 0 Å². The minimum Gasteiger partial charge on any atom is -0.325 e. The summed E-state index contributed by atoms with van der Waals surface area (Å²) in [7, 11) is 0. The van der Waals surface area contributed by atoms with E-state index in [1.54, 1.807) is 0 Å². The molecular formula is C13H21ClN2O. The summed E-state index contributed by atoms with van der Waals surface area (Å²) in [5.41, 5.74) is 0.536. The van der Waals surface area contributed by atoms with E-state index in [0.29, 0.717) is 10.8 Å². The van der Waals surface area contributed by atoms with Crippen LogP contribution in [0.2, 0.25) is 5.15 Å². The van der Waals surface area contributed by atoms with Gasteiger partial charge in [0.15, 0.2) is 11.4 Å². The van der Waals surface area contributed by atoms with E-state index in [2.05, 4.69) is 18.8 Å². The second-order valence-electron chi connectivity index (χ2n) is 4.28. The van der Waals surface area contributed by atoms with Gasteiger partial charge in [-0.3, -0.25) is 4.79 Å². The lowest BCUT2D eigenvalue weighted by atomic mass is 10.2. The molecule has 0 aliphatic rings. The van der Waals surface area contributed by atoms with Crippen LogP contribution in [0.15, 0.2) is 0 Å². The molecule has 0 fully saturated rings. The number of hydrogen-bond acceptors (Lipinski definition) is 2. The molecule has 0 unspecified atom stereocenters. The third-order valence-corrected chi connectivity index (χ3v) is 3.17. The monoisotopic (exact) mass is 256 g/mol. The number of aryl methyl sites for hydroxylation is 1. The predicted octanol–water partition coefficient (Wildman–Crippen LogP) is 3.88. The number of halogens is 1. The van der Waals surface area contributed by atoms with E-state index in [9.17, 15) is 4.79 Å². The molecule has 0 spiro atoms. The van der Waals surface area contributed by atoms with Gasteiger partial charge in [-0.2, -0.15) is 0 Å². The van der Waals surface area contributed by atoms with E-state index in [1.807, 2.05) is 4.57 Å². The molecule has 4 heteroatoms. The lowest BCUT2D eigenvalue weighted by molar-refractivity contribution is 0.111. The highest BCUT2D eigenvalue weighted by Crippen LogP contribution is 2.18. The van der Waals surface area contributed by atoms with E-state index < -0.39 is 0 Å². The van der Waals surface area contributed by atoms with Crippen LogP contribution in [0.3, 0.4) is 0 Å². The van der Waals surface area contributed by atoms with Gasteiger partial charge in [0.1, 0.15) is 11.5 Å². The molecule has 96 valence electrons. The fourth-order valence-corrected chi connectivity index (χ4v) is 2.13. The Morgan fingerprint density at radius 3 is 2.53 bits per heavy atom. The van der Waals surface area contributed by atoms with E-state index in [0.717, 1.165) is 44.3 Å². The molecule has 0 atom stereocenters. The first-order chi connectivity index (χ1) is 8.24. The van der Waals surface area contributed by atoms with Crippen LogP contribution in [-0.2, 0) is 13.0 Å². The number of rotatable bonds is 8. The van der Waals surface area contributed by atoms with Gasteiger partial charge in [0, 0.05) is 13.0 Å². The summed E-state index contributed by atoms with van der Waals surface area (Å²) in [6, 6.07) is 0. The van der Waals surface area contributed by atoms with E-state index >= 15 is 0 Å². The van der Waals surface area contributed by atoms with Gasteiger partial charge in [-0.15, -0.1) is 0 Å². The highest BCUT2D eigenvalue weighted by atomic mass is 35.5. The van der Waals surface area contributed by atoms with Crippen molar-refractivity contribution in [1.29, 1.82) is 0 Å². The second-order valence-corrected chi connectivity index (χ2v) is 4.64. The van der Waals surface area contributed by atoms with Crippen LogP contribution in [0.4, 0.5) is 0 Å². The van der Waals surface area contributed by atoms with Crippen molar-refractivity contribution in [2.75, 3.05) is 0 Å². The third-order valence-electron chi connectivity index (χ3n) is 2.89. The maximum atomic E-state index is 11.0. The first kappa shape index (κ1) is 14.2. The van der Waals surface area contributed by atoms with Crippen molar-refractivity contribution in [2.45, 2.75) is 58.9 Å². The second kappa shape index (κ2) is 7.49. The van der Waals surface area contributed by atoms with Gasteiger partial charge in [0.2, 0.25) is 0 Å². The van der Waals surface area contributed by atoms with E-state index in [1.165, 1.54) is 12.8 Å². The Balaban J connectivity index is 2.83. The molecule has 17 heavy (non-hydrogen) atoms. The standard InChI is InChI=1S/C13H21ClN2O/c1-3-5-7-9-16-11(10-17)13(14)15-12(16)8-6-4-2/h10H,3-9H2,1-2H3. The molecule has 0 radical (unpaired) electrons. The largest absolute Gasteiger partial charge is 0.325 e. The minimum absolute atomic E-state index is 0.350. The Morgan fingerprint density at radius 2 is 1.94 bits per heavy atom. The van der Waals surface area contributed by atoms with Gasteiger partial charge >= 0.3 is 0 Å². The molecule has 0 bridgehead atoms. The van der Waals surface area contributed by atoms with Crippen molar-refractivity contribution in [3.05, 3.63) is 16.7 Å². The number of nitrogens with zero attached hydrogens (tertiary/aromatic N) is 2. The molecule has 0 saturated heterocycles. The van der Waals surface area contributed by atoms with Gasteiger partial charge in [-0.05, 0) is 12.8 Å². The minimum atomic E-state index is 0.350. The molecule has 0 N–H and O–H groups in total. The molecule has 1 heterocycles. The van der Waals surface area contributed by atoms with Crippen LogP contribution < -0.4 is 0 Å². The lowest BCUT2D eigenvalue weighted by Gasteiger charge is -2.08. The van der Waals surface area contributed by atoms with Crippen molar-refractivity contribution >= 4 is 17.9 Å². The highest BCUT2D eigenvalue weighted by Gasteiger charge is 2.14. The summed E-state index contributed by atoms with van der Waals surface area (Å²) in [5, 5.41) is 0.350. The first-order valence-corrected chi connectivity index (χ1v) is 6.82. The number of hydrogen-bond donors (Lipinski definition) is 0. The average molecular weight is 257 g/mol. The van der Waals surface area contributed by atoms with Crippen LogP contribution in [0.1, 0.15) is 62.3 Å². The van der Waals surface area contributed by atoms with Crippen molar-refractivity contribution in [3.63, 3.8) is 0 Å². The maximum absolute atomic E-state index is 11.0. The number of aldehydes is 1. The van der Waals surface area contributed by atoms with Crippen molar-refractivity contribution in [1.82, 2.24) is 9.55 Å². The molecule has 0 aliphatic carbocycles. The molecule has 3 nitrogen and oxygen atoms in total. The maximum Gasteiger partial charge on any atom is 0.169 e. The van der Waals surface area contributed by atoms with Gasteiger partial charge in [-0.1, -0.05) is 44.7 Å². The average Bonchev–Trinajstić information content (AvgIpc) is 2.63. The van der Waals surface area contributed by atoms with E-state index in [4.69, 9.17) is 11.6 Å². The normalized spacial score (nSPS) is 10.8. The fraction of sp³-hybridized carbons (Fsp3) is 0.692. The summed E-state index contributed by atoms with van der Waals surface area (Å²) < 4.78 is 1.99. The number of carbonyl (C=O) groups excluding carboxylic acids is 1. The Labute approximate surface area is 108 Å². The molecular weight excluding hydrogens is 236 g/mol. The molecule has 1 aromatic heterocycles. The summed E-state index contributed by atoms with van der Waals surface area (Å²) in [4.78, 5) is 15.3. The predicted molar refractivity (Wildman–Crippen MR) is 70.8 cm³/mol. The van der Waals surface area contributed by atoms with Crippen LogP contribution >= 0.6 is 11.6 Å². The molecule has 1 rings (SSSR count). The molecule has 0 saturated carbocycles. The van der Waals surface area contributed by atoms with Crippen molar-refractivity contribution < 1.29 is 4.79 Å². The topological polar surface area (TPSA) is 34.9 Å². The summed E-state index contributed by atoms with van der Waals surface area (Å²) in [6.07, 6.45) is 7.33. The smallest absolute Gasteiger partial charge is 0.169 e. The van der Waals surface area contributed by atoms with Gasteiger partial charge < -0.3 is 4.57 Å². The van der Waals surface area contributed by atoms with Gasteiger partial charge in [0.05, 0.1) is 0 Å². The fourth-order valence-electron chi connectivity index (χ4n) is 1.89. The van der Waals surface area contributed by atoms with Gasteiger partial charge in [0.25, 0.3) is 0 Å². The van der Waals surface area contributed by atoms with Crippen molar-refractivity contribution in [3.8, 4) is 0 Å².